The standard InChI is InChI=1S/C21H28FN5O4S/c1-26(11-14-5-6-17(30-2)16(22)10-14)20(29)13-32-21-25-24-19(8-7-18(23)28)27(21)12-15-4-3-9-31-15/h5-6,10,15H,3-4,7-9,11-13H2,1-2H3,(H2,23,28). The SMILES string of the molecule is COc1ccc(CN(C)C(=O)CSc2nnc(CCC(N)=O)n2CC2CCCO2)cc1F. The molecule has 1 saturated heterocycles. The van der Waals surface area contributed by atoms with Crippen LogP contribution in [-0.2, 0) is 33.8 Å². The lowest BCUT2D eigenvalue weighted by Gasteiger charge is -2.18. The second-order valence-corrected chi connectivity index (χ2v) is 8.56. The monoisotopic (exact) mass is 465 g/mol. The highest BCUT2D eigenvalue weighted by atomic mass is 32.2. The van der Waals surface area contributed by atoms with Gasteiger partial charge in [0.05, 0.1) is 25.5 Å². The third-order valence-corrected chi connectivity index (χ3v) is 6.14. The van der Waals surface area contributed by atoms with Crippen molar-refractivity contribution < 1.29 is 23.5 Å². The van der Waals surface area contributed by atoms with Crippen molar-refractivity contribution >= 4 is 23.6 Å². The van der Waals surface area contributed by atoms with E-state index in [0.29, 0.717) is 29.5 Å². The molecule has 0 radical (unpaired) electrons. The van der Waals surface area contributed by atoms with Gasteiger partial charge in [-0.3, -0.25) is 9.59 Å². The van der Waals surface area contributed by atoms with E-state index in [2.05, 4.69) is 10.2 Å². The zero-order chi connectivity index (χ0) is 23.1. The van der Waals surface area contributed by atoms with Gasteiger partial charge < -0.3 is 24.7 Å². The van der Waals surface area contributed by atoms with Crippen LogP contribution in [0.1, 0.15) is 30.7 Å². The molecule has 2 aromatic rings. The van der Waals surface area contributed by atoms with E-state index in [-0.39, 0.29) is 36.5 Å². The van der Waals surface area contributed by atoms with Gasteiger partial charge in [-0.05, 0) is 30.5 Å². The Bertz CT molecular complexity index is 948. The lowest BCUT2D eigenvalue weighted by atomic mass is 10.2. The van der Waals surface area contributed by atoms with Crippen LogP contribution < -0.4 is 10.5 Å². The van der Waals surface area contributed by atoms with E-state index in [1.165, 1.54) is 29.8 Å². The number of nitrogens with two attached hydrogens (primary N) is 1. The third kappa shape index (κ3) is 6.42. The number of nitrogens with zero attached hydrogens (tertiary/aromatic N) is 4. The number of benzene rings is 1. The van der Waals surface area contributed by atoms with Crippen LogP contribution in [0.3, 0.4) is 0 Å². The highest BCUT2D eigenvalue weighted by molar-refractivity contribution is 7.99. The fraction of sp³-hybridized carbons (Fsp3) is 0.524. The van der Waals surface area contributed by atoms with E-state index >= 15 is 0 Å². The first-order chi connectivity index (χ1) is 15.4. The summed E-state index contributed by atoms with van der Waals surface area (Å²) in [7, 11) is 3.07. The number of rotatable bonds is 11. The normalized spacial score (nSPS) is 15.7. The van der Waals surface area contributed by atoms with E-state index in [9.17, 15) is 14.0 Å². The average Bonchev–Trinajstić information content (AvgIpc) is 3.41. The predicted octanol–water partition coefficient (Wildman–Crippen LogP) is 1.77. The number of hydrogen-bond donors (Lipinski definition) is 1. The van der Waals surface area contributed by atoms with Crippen molar-refractivity contribution in [2.75, 3.05) is 26.5 Å². The van der Waals surface area contributed by atoms with Crippen molar-refractivity contribution in [2.45, 2.75) is 50.0 Å². The van der Waals surface area contributed by atoms with Gasteiger partial charge in [-0.2, -0.15) is 0 Å². The summed E-state index contributed by atoms with van der Waals surface area (Å²) in [4.78, 5) is 25.4. The predicted molar refractivity (Wildman–Crippen MR) is 117 cm³/mol. The van der Waals surface area contributed by atoms with E-state index in [4.69, 9.17) is 15.2 Å². The number of methoxy groups -OCH3 is 1. The van der Waals surface area contributed by atoms with Gasteiger partial charge in [0.2, 0.25) is 11.8 Å². The Kier molecular flexibility index (Phi) is 8.46. The maximum Gasteiger partial charge on any atom is 0.233 e. The van der Waals surface area contributed by atoms with Gasteiger partial charge in [0.15, 0.2) is 16.7 Å². The van der Waals surface area contributed by atoms with Crippen LogP contribution in [0.4, 0.5) is 4.39 Å². The lowest BCUT2D eigenvalue weighted by molar-refractivity contribution is -0.127. The highest BCUT2D eigenvalue weighted by Crippen LogP contribution is 2.23. The summed E-state index contributed by atoms with van der Waals surface area (Å²) in [5, 5.41) is 9.01. The fourth-order valence-corrected chi connectivity index (χ4v) is 4.34. The Balaban J connectivity index is 1.62. The summed E-state index contributed by atoms with van der Waals surface area (Å²) in [6.45, 7) is 1.56. The van der Waals surface area contributed by atoms with Crippen molar-refractivity contribution in [1.82, 2.24) is 19.7 Å². The number of carbonyl (C=O) groups is 2. The number of halogens is 1. The molecule has 2 amide bonds. The molecule has 0 aliphatic carbocycles. The van der Waals surface area contributed by atoms with E-state index in [0.717, 1.165) is 19.4 Å². The Labute approximate surface area is 190 Å². The third-order valence-electron chi connectivity index (χ3n) is 5.19. The van der Waals surface area contributed by atoms with Crippen LogP contribution in [0.15, 0.2) is 23.4 Å². The zero-order valence-electron chi connectivity index (χ0n) is 18.3. The first-order valence-electron chi connectivity index (χ1n) is 10.4. The Hall–Kier alpha value is -2.66. The number of aryl methyl sites for hydroxylation is 1. The number of aromatic nitrogens is 3. The van der Waals surface area contributed by atoms with Crippen LogP contribution in [-0.4, -0.2) is 64.1 Å². The molecule has 1 aromatic heterocycles. The summed E-state index contributed by atoms with van der Waals surface area (Å²) in [5.41, 5.74) is 5.94. The Morgan fingerprint density at radius 2 is 2.22 bits per heavy atom. The summed E-state index contributed by atoms with van der Waals surface area (Å²) >= 11 is 1.27. The maximum atomic E-state index is 13.9. The van der Waals surface area contributed by atoms with Crippen molar-refractivity contribution in [3.63, 3.8) is 0 Å². The molecule has 2 heterocycles. The first-order valence-corrected chi connectivity index (χ1v) is 11.4. The molecule has 1 aromatic carbocycles. The van der Waals surface area contributed by atoms with Crippen LogP contribution >= 0.6 is 11.8 Å². The topological polar surface area (TPSA) is 113 Å². The molecule has 1 aliphatic heterocycles. The van der Waals surface area contributed by atoms with Gasteiger partial charge in [-0.15, -0.1) is 10.2 Å². The van der Waals surface area contributed by atoms with Gasteiger partial charge in [-0.1, -0.05) is 17.8 Å². The second-order valence-electron chi connectivity index (χ2n) is 7.62. The van der Waals surface area contributed by atoms with Gasteiger partial charge >= 0.3 is 0 Å². The number of primary amides is 1. The number of ether oxygens (including phenoxy) is 2. The minimum absolute atomic E-state index is 0.0565. The molecule has 0 saturated carbocycles. The molecule has 1 atom stereocenters. The molecule has 9 nitrogen and oxygen atoms in total. The molecule has 174 valence electrons. The average molecular weight is 466 g/mol. The zero-order valence-corrected chi connectivity index (χ0v) is 19.1. The molecule has 1 unspecified atom stereocenters. The van der Waals surface area contributed by atoms with Crippen LogP contribution in [0.5, 0.6) is 5.75 Å². The van der Waals surface area contributed by atoms with Gasteiger partial charge in [-0.25, -0.2) is 4.39 Å². The van der Waals surface area contributed by atoms with Crippen LogP contribution in [0.2, 0.25) is 0 Å². The van der Waals surface area contributed by atoms with E-state index in [1.807, 2.05) is 4.57 Å². The van der Waals surface area contributed by atoms with Crippen molar-refractivity contribution in [2.24, 2.45) is 5.73 Å². The molecule has 1 aliphatic rings. The van der Waals surface area contributed by atoms with Crippen molar-refractivity contribution in [3.05, 3.63) is 35.4 Å². The number of carbonyl (C=O) groups excluding carboxylic acids is 2. The van der Waals surface area contributed by atoms with Crippen molar-refractivity contribution in [3.8, 4) is 5.75 Å². The quantitative estimate of drug-likeness (QED) is 0.503. The molecule has 1 fully saturated rings. The van der Waals surface area contributed by atoms with E-state index < -0.39 is 11.7 Å². The van der Waals surface area contributed by atoms with Crippen LogP contribution in [0.25, 0.3) is 0 Å². The summed E-state index contributed by atoms with van der Waals surface area (Å²) in [6, 6.07) is 4.62. The maximum absolute atomic E-state index is 13.9. The summed E-state index contributed by atoms with van der Waals surface area (Å²) in [5.74, 6) is -0.0401. The Morgan fingerprint density at radius 1 is 1.41 bits per heavy atom. The second kappa shape index (κ2) is 11.3. The molecule has 0 spiro atoms. The lowest BCUT2D eigenvalue weighted by Crippen LogP contribution is -2.28. The minimum Gasteiger partial charge on any atom is -0.494 e. The fourth-order valence-electron chi connectivity index (χ4n) is 3.43. The molecule has 0 bridgehead atoms. The summed E-state index contributed by atoms with van der Waals surface area (Å²) in [6.07, 6.45) is 2.56. The Morgan fingerprint density at radius 3 is 2.88 bits per heavy atom. The van der Waals surface area contributed by atoms with E-state index in [1.54, 1.807) is 19.2 Å². The molecular formula is C21H28FN5O4S. The van der Waals surface area contributed by atoms with Crippen molar-refractivity contribution in [1.29, 1.82) is 0 Å². The highest BCUT2D eigenvalue weighted by Gasteiger charge is 2.22. The first kappa shape index (κ1) is 24.0. The summed E-state index contributed by atoms with van der Waals surface area (Å²) < 4.78 is 26.5. The smallest absolute Gasteiger partial charge is 0.233 e. The number of thioether (sulfide) groups is 1. The molecule has 2 N–H and O–H groups in total. The molecule has 11 heteroatoms. The van der Waals surface area contributed by atoms with Gasteiger partial charge in [0.25, 0.3) is 0 Å². The molecule has 32 heavy (non-hydrogen) atoms. The number of amides is 2. The molecule has 3 rings (SSSR count). The largest absolute Gasteiger partial charge is 0.494 e. The van der Waals surface area contributed by atoms with Gasteiger partial charge in [0.1, 0.15) is 5.82 Å². The van der Waals surface area contributed by atoms with Crippen LogP contribution in [0, 0.1) is 5.82 Å². The molecular weight excluding hydrogens is 437 g/mol. The number of hydrogen-bond acceptors (Lipinski definition) is 7. The minimum atomic E-state index is -0.467. The van der Waals surface area contributed by atoms with Gasteiger partial charge in [0, 0.05) is 33.0 Å².